The van der Waals surface area contributed by atoms with Gasteiger partial charge >= 0.3 is 10.1 Å². The molecule has 0 spiro atoms. The second-order valence-electron chi connectivity index (χ2n) is 3.68. The van der Waals surface area contributed by atoms with Crippen LogP contribution in [0.1, 0.15) is 18.6 Å². The lowest BCUT2D eigenvalue weighted by atomic mass is 10.1. The van der Waals surface area contributed by atoms with E-state index < -0.39 is 16.2 Å². The molecule has 1 rings (SSSR count). The molecule has 1 atom stereocenters. The smallest absolute Gasteiger partial charge is 0.306 e. The number of hydrogen-bond donors (Lipinski definition) is 2. The first-order valence-corrected chi connectivity index (χ1v) is 7.12. The minimum absolute atomic E-state index is 0.243. The Hall–Kier alpha value is -1.11. The van der Waals surface area contributed by atoms with Crippen LogP contribution in [0.2, 0.25) is 0 Å². The number of aliphatic hydroxyl groups is 1. The van der Waals surface area contributed by atoms with Crippen LogP contribution >= 0.6 is 0 Å². The molecule has 0 bridgehead atoms. The van der Waals surface area contributed by atoms with Crippen molar-refractivity contribution in [2.45, 2.75) is 13.0 Å². The van der Waals surface area contributed by atoms with Crippen LogP contribution in [0.5, 0.6) is 5.75 Å². The number of benzene rings is 1. The van der Waals surface area contributed by atoms with Crippen LogP contribution in [0.25, 0.3) is 0 Å². The number of aliphatic hydroxyl groups excluding tert-OH is 1. The molecule has 6 heteroatoms. The average molecular weight is 259 g/mol. The molecule has 1 aromatic carbocycles. The molecule has 0 aromatic heterocycles. The standard InChI is InChI=1S/C11H17NO4S/c1-3-12-8-11(13)9-4-6-10(7-5-9)16-17(2,14)15/h4-7,11-13H,3,8H2,1-2H3. The van der Waals surface area contributed by atoms with E-state index in [1.165, 1.54) is 12.1 Å². The Labute approximate surface area is 102 Å². The highest BCUT2D eigenvalue weighted by molar-refractivity contribution is 7.86. The molecular weight excluding hydrogens is 242 g/mol. The van der Waals surface area contributed by atoms with E-state index >= 15 is 0 Å². The fourth-order valence-electron chi connectivity index (χ4n) is 1.32. The fraction of sp³-hybridized carbons (Fsp3) is 0.455. The van der Waals surface area contributed by atoms with Gasteiger partial charge in [0.2, 0.25) is 0 Å². The third kappa shape index (κ3) is 5.16. The molecular formula is C11H17NO4S. The van der Waals surface area contributed by atoms with E-state index in [9.17, 15) is 13.5 Å². The van der Waals surface area contributed by atoms with Crippen molar-refractivity contribution in [1.82, 2.24) is 5.32 Å². The van der Waals surface area contributed by atoms with Crippen molar-refractivity contribution in [3.8, 4) is 5.75 Å². The summed E-state index contributed by atoms with van der Waals surface area (Å²) in [6.45, 7) is 3.20. The van der Waals surface area contributed by atoms with Gasteiger partial charge in [-0.25, -0.2) is 0 Å². The molecule has 1 unspecified atom stereocenters. The normalized spacial score (nSPS) is 13.4. The van der Waals surface area contributed by atoms with E-state index in [0.29, 0.717) is 12.1 Å². The van der Waals surface area contributed by atoms with Crippen LogP contribution in [0.15, 0.2) is 24.3 Å². The quantitative estimate of drug-likeness (QED) is 0.734. The summed E-state index contributed by atoms with van der Waals surface area (Å²) in [5.74, 6) is 0.243. The maximum atomic E-state index is 10.9. The predicted molar refractivity (Wildman–Crippen MR) is 65.4 cm³/mol. The highest BCUT2D eigenvalue weighted by Gasteiger charge is 2.08. The molecule has 0 heterocycles. The molecule has 0 aliphatic heterocycles. The lowest BCUT2D eigenvalue weighted by molar-refractivity contribution is 0.175. The van der Waals surface area contributed by atoms with Gasteiger partial charge in [0.15, 0.2) is 0 Å². The van der Waals surface area contributed by atoms with E-state index in [-0.39, 0.29) is 5.75 Å². The second-order valence-corrected chi connectivity index (χ2v) is 5.25. The van der Waals surface area contributed by atoms with Crippen LogP contribution in [-0.4, -0.2) is 32.9 Å². The van der Waals surface area contributed by atoms with Crippen LogP contribution in [0, 0.1) is 0 Å². The van der Waals surface area contributed by atoms with Crippen molar-refractivity contribution in [3.63, 3.8) is 0 Å². The molecule has 17 heavy (non-hydrogen) atoms. The zero-order valence-corrected chi connectivity index (χ0v) is 10.7. The largest absolute Gasteiger partial charge is 0.387 e. The van der Waals surface area contributed by atoms with E-state index in [0.717, 1.165) is 12.8 Å². The van der Waals surface area contributed by atoms with Crippen molar-refractivity contribution in [3.05, 3.63) is 29.8 Å². The highest BCUT2D eigenvalue weighted by atomic mass is 32.2. The molecule has 0 aliphatic carbocycles. The summed E-state index contributed by atoms with van der Waals surface area (Å²) < 4.78 is 26.5. The average Bonchev–Trinajstić information content (AvgIpc) is 2.24. The van der Waals surface area contributed by atoms with Gasteiger partial charge in [0.25, 0.3) is 0 Å². The van der Waals surface area contributed by atoms with Gasteiger partial charge in [-0.2, -0.15) is 8.42 Å². The van der Waals surface area contributed by atoms with Crippen molar-refractivity contribution in [2.24, 2.45) is 0 Å². The highest BCUT2D eigenvalue weighted by Crippen LogP contribution is 2.18. The van der Waals surface area contributed by atoms with Gasteiger partial charge < -0.3 is 14.6 Å². The molecule has 1 aromatic rings. The molecule has 0 amide bonds. The van der Waals surface area contributed by atoms with Crippen molar-refractivity contribution in [1.29, 1.82) is 0 Å². The molecule has 0 fully saturated rings. The van der Waals surface area contributed by atoms with Gasteiger partial charge in [0.05, 0.1) is 12.4 Å². The topological polar surface area (TPSA) is 75.6 Å². The van der Waals surface area contributed by atoms with Crippen LogP contribution in [0.3, 0.4) is 0 Å². The summed E-state index contributed by atoms with van der Waals surface area (Å²) in [6, 6.07) is 6.32. The van der Waals surface area contributed by atoms with Crippen molar-refractivity contribution >= 4 is 10.1 Å². The minimum atomic E-state index is -3.50. The maximum Gasteiger partial charge on any atom is 0.306 e. The summed E-state index contributed by atoms with van der Waals surface area (Å²) in [6.07, 6.45) is 0.378. The summed E-state index contributed by atoms with van der Waals surface area (Å²) in [4.78, 5) is 0. The van der Waals surface area contributed by atoms with E-state index in [1.807, 2.05) is 6.92 Å². The zero-order chi connectivity index (χ0) is 12.9. The fourth-order valence-corrected chi connectivity index (χ4v) is 1.78. The number of nitrogens with one attached hydrogen (secondary N) is 1. The Morgan fingerprint density at radius 1 is 1.35 bits per heavy atom. The number of rotatable bonds is 6. The lowest BCUT2D eigenvalue weighted by Gasteiger charge is -2.11. The third-order valence-electron chi connectivity index (χ3n) is 2.10. The van der Waals surface area contributed by atoms with Gasteiger partial charge in [-0.3, -0.25) is 0 Å². The van der Waals surface area contributed by atoms with Gasteiger partial charge in [-0.15, -0.1) is 0 Å². The first-order chi connectivity index (χ1) is 7.92. The Bertz CT molecular complexity index is 441. The molecule has 5 nitrogen and oxygen atoms in total. The zero-order valence-electron chi connectivity index (χ0n) is 9.88. The van der Waals surface area contributed by atoms with Crippen LogP contribution in [0.4, 0.5) is 0 Å². The van der Waals surface area contributed by atoms with Crippen molar-refractivity contribution < 1.29 is 17.7 Å². The number of likely N-dealkylation sites (N-methyl/N-ethyl adjacent to an activating group) is 1. The van der Waals surface area contributed by atoms with E-state index in [1.54, 1.807) is 12.1 Å². The third-order valence-corrected chi connectivity index (χ3v) is 2.60. The molecule has 0 saturated carbocycles. The van der Waals surface area contributed by atoms with E-state index in [2.05, 4.69) is 5.32 Å². The van der Waals surface area contributed by atoms with Crippen LogP contribution < -0.4 is 9.50 Å². The molecule has 0 aliphatic rings. The Balaban J connectivity index is 2.67. The summed E-state index contributed by atoms with van der Waals surface area (Å²) >= 11 is 0. The first kappa shape index (κ1) is 14.0. The minimum Gasteiger partial charge on any atom is -0.387 e. The number of hydrogen-bond acceptors (Lipinski definition) is 5. The van der Waals surface area contributed by atoms with Gasteiger partial charge in [0.1, 0.15) is 5.75 Å². The van der Waals surface area contributed by atoms with Gasteiger partial charge in [-0.1, -0.05) is 19.1 Å². The monoisotopic (exact) mass is 259 g/mol. The molecule has 2 N–H and O–H groups in total. The Morgan fingerprint density at radius 2 is 1.94 bits per heavy atom. The molecule has 0 radical (unpaired) electrons. The second kappa shape index (κ2) is 6.00. The Morgan fingerprint density at radius 3 is 2.41 bits per heavy atom. The summed E-state index contributed by atoms with van der Waals surface area (Å²) in [5.41, 5.74) is 0.715. The van der Waals surface area contributed by atoms with Gasteiger partial charge in [0, 0.05) is 6.54 Å². The van der Waals surface area contributed by atoms with Gasteiger partial charge in [-0.05, 0) is 24.2 Å². The molecule has 0 saturated heterocycles. The van der Waals surface area contributed by atoms with Crippen molar-refractivity contribution in [2.75, 3.05) is 19.3 Å². The van der Waals surface area contributed by atoms with E-state index in [4.69, 9.17) is 4.18 Å². The molecule has 96 valence electrons. The SMILES string of the molecule is CCNCC(O)c1ccc(OS(C)(=O)=O)cc1. The van der Waals surface area contributed by atoms with Crippen LogP contribution in [-0.2, 0) is 10.1 Å². The predicted octanol–water partition coefficient (Wildman–Crippen LogP) is 0.668. The summed E-state index contributed by atoms with van der Waals surface area (Å²) in [5, 5.41) is 12.8. The Kier molecular flexibility index (Phi) is 4.92. The maximum absolute atomic E-state index is 10.9. The summed E-state index contributed by atoms with van der Waals surface area (Å²) in [7, 11) is -3.50. The lowest BCUT2D eigenvalue weighted by Crippen LogP contribution is -2.20. The first-order valence-electron chi connectivity index (χ1n) is 5.30.